The van der Waals surface area contributed by atoms with Crippen LogP contribution in [-0.2, 0) is 10.8 Å². The lowest BCUT2D eigenvalue weighted by Gasteiger charge is -2.02. The van der Waals surface area contributed by atoms with Gasteiger partial charge in [-0.25, -0.2) is 0 Å². The molecule has 0 saturated heterocycles. The third kappa shape index (κ3) is 3.98. The first kappa shape index (κ1) is 12.6. The van der Waals surface area contributed by atoms with Crippen LogP contribution in [0.15, 0.2) is 36.6 Å². The molecule has 4 heteroatoms. The Labute approximate surface area is 97.6 Å². The monoisotopic (exact) mass is 238 g/mol. The lowest BCUT2D eigenvalue weighted by molar-refractivity contribution is 0.102. The second-order valence-corrected chi connectivity index (χ2v) is 4.69. The molecular weight excluding hydrogens is 224 g/mol. The Morgan fingerprint density at radius 1 is 1.38 bits per heavy atom. The Hall–Kier alpha value is -1.42. The molecule has 0 fully saturated rings. The van der Waals surface area contributed by atoms with E-state index < -0.39 is 10.8 Å². The average molecular weight is 238 g/mol. The second kappa shape index (κ2) is 6.23. The van der Waals surface area contributed by atoms with E-state index >= 15 is 0 Å². The third-order valence-corrected chi connectivity index (χ3v) is 2.52. The zero-order valence-electron chi connectivity index (χ0n) is 9.30. The molecule has 1 aromatic rings. The Morgan fingerprint density at radius 2 is 2.00 bits per heavy atom. The highest BCUT2D eigenvalue weighted by molar-refractivity contribution is 7.85. The summed E-state index contributed by atoms with van der Waals surface area (Å²) >= 11 is 0. The van der Waals surface area contributed by atoms with E-state index in [9.17, 15) is 9.00 Å². The number of ether oxygens (including phenoxy) is 1. The molecule has 1 aromatic carbocycles. The lowest BCUT2D eigenvalue weighted by Crippen LogP contribution is -2.09. The summed E-state index contributed by atoms with van der Waals surface area (Å²) in [4.78, 5) is 11.5. The standard InChI is InChI=1S/C12H14O3S/c1-3-8-15-11-6-4-10(5-7-11)12(13)9-16(2)14/h3-8H,9H2,1-2H3. The molecule has 3 nitrogen and oxygen atoms in total. The normalized spacial score (nSPS) is 12.6. The van der Waals surface area contributed by atoms with Gasteiger partial charge in [-0.15, -0.1) is 0 Å². The molecule has 1 atom stereocenters. The minimum Gasteiger partial charge on any atom is -0.465 e. The van der Waals surface area contributed by atoms with Crippen molar-refractivity contribution >= 4 is 16.6 Å². The Morgan fingerprint density at radius 3 is 2.50 bits per heavy atom. The van der Waals surface area contributed by atoms with E-state index in [2.05, 4.69) is 0 Å². The van der Waals surface area contributed by atoms with Crippen LogP contribution < -0.4 is 4.74 Å². The van der Waals surface area contributed by atoms with Crippen LogP contribution in [0.1, 0.15) is 17.3 Å². The number of hydrogen-bond acceptors (Lipinski definition) is 3. The molecule has 0 aliphatic rings. The highest BCUT2D eigenvalue weighted by atomic mass is 32.2. The van der Waals surface area contributed by atoms with Gasteiger partial charge >= 0.3 is 0 Å². The molecule has 0 aromatic heterocycles. The van der Waals surface area contributed by atoms with Gasteiger partial charge in [0.2, 0.25) is 0 Å². The van der Waals surface area contributed by atoms with Crippen molar-refractivity contribution < 1.29 is 13.7 Å². The summed E-state index contributed by atoms with van der Waals surface area (Å²) in [7, 11) is -1.10. The number of allylic oxidation sites excluding steroid dienone is 1. The molecule has 0 aliphatic heterocycles. The molecule has 0 aliphatic carbocycles. The van der Waals surface area contributed by atoms with Gasteiger partial charge in [-0.05, 0) is 31.2 Å². The van der Waals surface area contributed by atoms with Crippen molar-refractivity contribution in [2.75, 3.05) is 12.0 Å². The first-order valence-corrected chi connectivity index (χ1v) is 6.57. The summed E-state index contributed by atoms with van der Waals surface area (Å²) in [6.07, 6.45) is 4.86. The topological polar surface area (TPSA) is 43.4 Å². The van der Waals surface area contributed by atoms with Gasteiger partial charge in [0.15, 0.2) is 5.78 Å². The van der Waals surface area contributed by atoms with Crippen LogP contribution in [0.25, 0.3) is 0 Å². The van der Waals surface area contributed by atoms with Gasteiger partial charge in [-0.2, -0.15) is 0 Å². The fourth-order valence-corrected chi connectivity index (χ4v) is 1.67. The molecule has 1 unspecified atom stereocenters. The third-order valence-electron chi connectivity index (χ3n) is 1.85. The molecular formula is C12H14O3S. The number of hydrogen-bond donors (Lipinski definition) is 0. The van der Waals surface area contributed by atoms with Crippen LogP contribution in [0.4, 0.5) is 0 Å². The van der Waals surface area contributed by atoms with E-state index in [4.69, 9.17) is 4.74 Å². The lowest BCUT2D eigenvalue weighted by atomic mass is 10.1. The Bertz CT molecular complexity index is 407. The number of Topliss-reactive ketones (excluding diaryl/α,β-unsaturated/α-hetero) is 1. The molecule has 0 bridgehead atoms. The van der Waals surface area contributed by atoms with E-state index in [0.29, 0.717) is 11.3 Å². The predicted octanol–water partition coefficient (Wildman–Crippen LogP) is 2.16. The van der Waals surface area contributed by atoms with Gasteiger partial charge in [0.1, 0.15) is 5.75 Å². The quantitative estimate of drug-likeness (QED) is 0.583. The molecule has 0 radical (unpaired) electrons. The molecule has 0 heterocycles. The van der Waals surface area contributed by atoms with E-state index in [1.54, 1.807) is 36.6 Å². The van der Waals surface area contributed by atoms with Crippen LogP contribution in [-0.4, -0.2) is 22.0 Å². The highest BCUT2D eigenvalue weighted by Gasteiger charge is 2.07. The number of benzene rings is 1. The van der Waals surface area contributed by atoms with Gasteiger partial charge in [0.05, 0.1) is 12.0 Å². The van der Waals surface area contributed by atoms with Crippen LogP contribution in [0.5, 0.6) is 5.75 Å². The van der Waals surface area contributed by atoms with E-state index in [1.807, 2.05) is 6.92 Å². The number of carbonyl (C=O) groups excluding carboxylic acids is 1. The average Bonchev–Trinajstić information content (AvgIpc) is 2.26. The van der Waals surface area contributed by atoms with E-state index in [1.165, 1.54) is 6.26 Å². The summed E-state index contributed by atoms with van der Waals surface area (Å²) in [5.41, 5.74) is 0.558. The molecule has 0 amide bonds. The van der Waals surface area contributed by atoms with Crippen LogP contribution in [0, 0.1) is 0 Å². The van der Waals surface area contributed by atoms with E-state index in [-0.39, 0.29) is 11.5 Å². The summed E-state index contributed by atoms with van der Waals surface area (Å²) in [5, 5.41) is 0. The van der Waals surface area contributed by atoms with Crippen molar-refractivity contribution in [3.8, 4) is 5.75 Å². The van der Waals surface area contributed by atoms with Crippen molar-refractivity contribution in [3.05, 3.63) is 42.2 Å². The Kier molecular flexibility index (Phi) is 4.92. The minimum absolute atomic E-state index is 0.0646. The minimum atomic E-state index is -1.10. The van der Waals surface area contributed by atoms with Gasteiger partial charge in [0, 0.05) is 22.6 Å². The number of ketones is 1. The highest BCUT2D eigenvalue weighted by Crippen LogP contribution is 2.13. The van der Waals surface area contributed by atoms with Crippen molar-refractivity contribution in [3.63, 3.8) is 0 Å². The SMILES string of the molecule is CC=COc1ccc(C(=O)CS(C)=O)cc1. The van der Waals surface area contributed by atoms with Gasteiger partial charge < -0.3 is 4.74 Å². The molecule has 86 valence electrons. The maximum Gasteiger partial charge on any atom is 0.175 e. The molecule has 16 heavy (non-hydrogen) atoms. The maximum absolute atomic E-state index is 11.5. The van der Waals surface area contributed by atoms with Crippen LogP contribution in [0.3, 0.4) is 0 Å². The van der Waals surface area contributed by atoms with Gasteiger partial charge in [-0.1, -0.05) is 6.08 Å². The Balaban J connectivity index is 2.70. The first-order valence-electron chi connectivity index (χ1n) is 4.84. The van der Waals surface area contributed by atoms with Crippen LogP contribution >= 0.6 is 0 Å². The van der Waals surface area contributed by atoms with Crippen molar-refractivity contribution in [2.24, 2.45) is 0 Å². The molecule has 0 spiro atoms. The fourth-order valence-electron chi connectivity index (χ4n) is 1.13. The zero-order chi connectivity index (χ0) is 12.0. The zero-order valence-corrected chi connectivity index (χ0v) is 10.1. The second-order valence-electron chi connectivity index (χ2n) is 3.25. The largest absolute Gasteiger partial charge is 0.465 e. The number of rotatable bonds is 5. The summed E-state index contributed by atoms with van der Waals surface area (Å²) in [5.74, 6) is 0.625. The van der Waals surface area contributed by atoms with Gasteiger partial charge in [-0.3, -0.25) is 9.00 Å². The summed E-state index contributed by atoms with van der Waals surface area (Å²) in [6, 6.07) is 6.78. The first-order chi connectivity index (χ1) is 7.63. The molecule has 1 rings (SSSR count). The van der Waals surface area contributed by atoms with E-state index in [0.717, 1.165) is 0 Å². The summed E-state index contributed by atoms with van der Waals surface area (Å²) in [6.45, 7) is 1.86. The summed E-state index contributed by atoms with van der Waals surface area (Å²) < 4.78 is 16.1. The van der Waals surface area contributed by atoms with Crippen molar-refractivity contribution in [1.82, 2.24) is 0 Å². The van der Waals surface area contributed by atoms with Crippen molar-refractivity contribution in [1.29, 1.82) is 0 Å². The fraction of sp³-hybridized carbons (Fsp3) is 0.250. The smallest absolute Gasteiger partial charge is 0.175 e. The van der Waals surface area contributed by atoms with Gasteiger partial charge in [0.25, 0.3) is 0 Å². The predicted molar refractivity (Wildman–Crippen MR) is 65.1 cm³/mol. The van der Waals surface area contributed by atoms with Crippen molar-refractivity contribution in [2.45, 2.75) is 6.92 Å². The molecule has 0 saturated carbocycles. The number of carbonyl (C=O) groups is 1. The van der Waals surface area contributed by atoms with Crippen LogP contribution in [0.2, 0.25) is 0 Å². The molecule has 0 N–H and O–H groups in total. The maximum atomic E-state index is 11.5.